The Hall–Kier alpha value is -2.40. The molecule has 0 atom stereocenters. The number of benzene rings is 1. The van der Waals surface area contributed by atoms with Gasteiger partial charge in [-0.1, -0.05) is 12.1 Å². The van der Waals surface area contributed by atoms with Gasteiger partial charge in [0.25, 0.3) is 0 Å². The van der Waals surface area contributed by atoms with Gasteiger partial charge in [-0.2, -0.15) is 0 Å². The highest BCUT2D eigenvalue weighted by Crippen LogP contribution is 2.34. The lowest BCUT2D eigenvalue weighted by Gasteiger charge is -1.98. The Balaban J connectivity index is 1.85. The lowest BCUT2D eigenvalue weighted by molar-refractivity contribution is 0.104. The number of imidazole rings is 1. The van der Waals surface area contributed by atoms with E-state index in [0.717, 1.165) is 21.9 Å². The molecule has 2 heterocycles. The Labute approximate surface area is 131 Å². The summed E-state index contributed by atoms with van der Waals surface area (Å²) < 4.78 is 2.03. The fraction of sp³-hybridized carbons (Fsp3) is 0.176. The van der Waals surface area contributed by atoms with E-state index < -0.39 is 0 Å². The first-order valence-electron chi connectivity index (χ1n) is 7.06. The van der Waals surface area contributed by atoms with Crippen molar-refractivity contribution in [2.75, 3.05) is 0 Å². The average molecular weight is 310 g/mol. The second kappa shape index (κ2) is 4.55. The normalized spacial score (nSPS) is 15.9. The number of carbonyl (C=O) groups is 1. The number of aromatic nitrogens is 2. The van der Waals surface area contributed by atoms with E-state index in [9.17, 15) is 9.90 Å². The number of phenolic OH excluding ortho intramolecular Hbond substituents is 1. The average Bonchev–Trinajstić information content (AvgIpc) is 3.06. The van der Waals surface area contributed by atoms with Crippen molar-refractivity contribution >= 4 is 28.2 Å². The molecule has 0 saturated heterocycles. The van der Waals surface area contributed by atoms with Crippen molar-refractivity contribution in [3.8, 4) is 5.75 Å². The highest BCUT2D eigenvalue weighted by molar-refractivity contribution is 7.17. The molecule has 0 spiro atoms. The topological polar surface area (TPSA) is 54.6 Å². The smallest absolute Gasteiger partial charge is 0.194 e. The maximum Gasteiger partial charge on any atom is 0.194 e. The van der Waals surface area contributed by atoms with Crippen molar-refractivity contribution in [1.29, 1.82) is 0 Å². The first-order valence-corrected chi connectivity index (χ1v) is 7.87. The number of hydrogen-bond donors (Lipinski definition) is 1. The summed E-state index contributed by atoms with van der Waals surface area (Å²) in [7, 11) is 0. The molecule has 1 aromatic carbocycles. The Morgan fingerprint density at radius 2 is 2.18 bits per heavy atom. The van der Waals surface area contributed by atoms with Crippen molar-refractivity contribution < 1.29 is 9.90 Å². The molecule has 1 N–H and O–H groups in total. The van der Waals surface area contributed by atoms with Crippen molar-refractivity contribution in [3.05, 3.63) is 57.4 Å². The zero-order chi connectivity index (χ0) is 15.4. The first-order chi connectivity index (χ1) is 10.5. The Morgan fingerprint density at radius 1 is 1.36 bits per heavy atom. The van der Waals surface area contributed by atoms with E-state index >= 15 is 0 Å². The van der Waals surface area contributed by atoms with E-state index in [1.165, 1.54) is 4.88 Å². The van der Waals surface area contributed by atoms with E-state index in [1.807, 2.05) is 30.5 Å². The summed E-state index contributed by atoms with van der Waals surface area (Å²) in [4.78, 5) is 19.2. The van der Waals surface area contributed by atoms with Gasteiger partial charge < -0.3 is 5.11 Å². The van der Waals surface area contributed by atoms with Crippen molar-refractivity contribution in [1.82, 2.24) is 9.38 Å². The number of carbonyl (C=O) groups excluding carboxylic acids is 1. The SMILES string of the molecule is Cc1cn2c(/C=C3\Cc4c(O)cccc4C3=O)c(C)nc2s1. The summed E-state index contributed by atoms with van der Waals surface area (Å²) in [5, 5.41) is 9.93. The fourth-order valence-corrected chi connectivity index (χ4v) is 3.83. The number of nitrogens with zero attached hydrogens (tertiary/aromatic N) is 2. The van der Waals surface area contributed by atoms with Crippen LogP contribution in [0.1, 0.15) is 32.2 Å². The van der Waals surface area contributed by atoms with Crippen LogP contribution in [0.15, 0.2) is 30.0 Å². The van der Waals surface area contributed by atoms with Crippen LogP contribution in [-0.4, -0.2) is 20.3 Å². The van der Waals surface area contributed by atoms with Crippen LogP contribution in [0.5, 0.6) is 5.75 Å². The maximum atomic E-state index is 12.5. The molecule has 2 aromatic heterocycles. The van der Waals surface area contributed by atoms with Crippen LogP contribution in [0.25, 0.3) is 11.0 Å². The molecule has 0 radical (unpaired) electrons. The van der Waals surface area contributed by atoms with Gasteiger partial charge in [-0.15, -0.1) is 11.3 Å². The second-order valence-corrected chi connectivity index (χ2v) is 6.77. The molecule has 4 nitrogen and oxygen atoms in total. The number of fused-ring (bicyclic) bond motifs is 2. The zero-order valence-corrected chi connectivity index (χ0v) is 13.1. The van der Waals surface area contributed by atoms with Crippen molar-refractivity contribution in [2.24, 2.45) is 0 Å². The van der Waals surface area contributed by atoms with Gasteiger partial charge in [0.2, 0.25) is 0 Å². The van der Waals surface area contributed by atoms with Crippen LogP contribution < -0.4 is 0 Å². The van der Waals surface area contributed by atoms with E-state index in [4.69, 9.17) is 0 Å². The van der Waals surface area contributed by atoms with E-state index in [0.29, 0.717) is 17.6 Å². The monoisotopic (exact) mass is 310 g/mol. The molecule has 0 saturated carbocycles. The Kier molecular flexibility index (Phi) is 2.74. The summed E-state index contributed by atoms with van der Waals surface area (Å²) in [5.74, 6) is 0.183. The zero-order valence-electron chi connectivity index (χ0n) is 12.3. The molecule has 4 rings (SSSR count). The van der Waals surface area contributed by atoms with Crippen LogP contribution in [0.4, 0.5) is 0 Å². The summed E-state index contributed by atoms with van der Waals surface area (Å²) >= 11 is 1.63. The summed E-state index contributed by atoms with van der Waals surface area (Å²) in [6.45, 7) is 3.99. The van der Waals surface area contributed by atoms with Gasteiger partial charge in [0.1, 0.15) is 5.75 Å². The number of allylic oxidation sites excluding steroid dienone is 1. The molecule has 3 aromatic rings. The molecule has 110 valence electrons. The van der Waals surface area contributed by atoms with Gasteiger partial charge in [0, 0.05) is 34.2 Å². The van der Waals surface area contributed by atoms with Gasteiger partial charge in [-0.05, 0) is 26.0 Å². The third-order valence-electron chi connectivity index (χ3n) is 4.03. The number of Topliss-reactive ketones (excluding diaryl/α,β-unsaturated/α-hetero) is 1. The third-order valence-corrected chi connectivity index (χ3v) is 4.93. The minimum absolute atomic E-state index is 0.00722. The number of hydrogen-bond acceptors (Lipinski definition) is 4. The number of thiazole rings is 1. The highest BCUT2D eigenvalue weighted by atomic mass is 32.1. The Bertz CT molecular complexity index is 963. The number of aryl methyl sites for hydroxylation is 2. The molecule has 0 bridgehead atoms. The lowest BCUT2D eigenvalue weighted by atomic mass is 10.1. The molecule has 5 heteroatoms. The van der Waals surface area contributed by atoms with Crippen LogP contribution in [0, 0.1) is 13.8 Å². The molecule has 1 aliphatic rings. The predicted molar refractivity (Wildman–Crippen MR) is 86.7 cm³/mol. The quantitative estimate of drug-likeness (QED) is 0.699. The van der Waals surface area contributed by atoms with E-state index in [-0.39, 0.29) is 11.5 Å². The lowest BCUT2D eigenvalue weighted by Crippen LogP contribution is -1.96. The van der Waals surface area contributed by atoms with Gasteiger partial charge in [0.05, 0.1) is 11.4 Å². The minimum atomic E-state index is -0.00722. The summed E-state index contributed by atoms with van der Waals surface area (Å²) in [5.41, 5.74) is 3.87. The number of phenols is 1. The van der Waals surface area contributed by atoms with E-state index in [2.05, 4.69) is 4.98 Å². The summed E-state index contributed by atoms with van der Waals surface area (Å²) in [6, 6.07) is 5.10. The third kappa shape index (κ3) is 1.82. The first kappa shape index (κ1) is 13.3. The molecule has 0 amide bonds. The van der Waals surface area contributed by atoms with Crippen molar-refractivity contribution in [2.45, 2.75) is 20.3 Å². The number of rotatable bonds is 1. The van der Waals surface area contributed by atoms with E-state index in [1.54, 1.807) is 29.5 Å². The minimum Gasteiger partial charge on any atom is -0.508 e. The highest BCUT2D eigenvalue weighted by Gasteiger charge is 2.27. The van der Waals surface area contributed by atoms with Gasteiger partial charge >= 0.3 is 0 Å². The maximum absolute atomic E-state index is 12.5. The predicted octanol–water partition coefficient (Wildman–Crippen LogP) is 3.54. The second-order valence-electron chi connectivity index (χ2n) is 5.56. The van der Waals surface area contributed by atoms with Crippen LogP contribution in [0.2, 0.25) is 0 Å². The van der Waals surface area contributed by atoms with Crippen LogP contribution in [0.3, 0.4) is 0 Å². The van der Waals surface area contributed by atoms with Crippen LogP contribution >= 0.6 is 11.3 Å². The number of ketones is 1. The molecule has 22 heavy (non-hydrogen) atoms. The molecule has 0 aliphatic heterocycles. The van der Waals surface area contributed by atoms with Gasteiger partial charge in [0.15, 0.2) is 10.7 Å². The summed E-state index contributed by atoms with van der Waals surface area (Å²) in [6.07, 6.45) is 4.41. The standard InChI is InChI=1S/C17H14N2O2S/c1-9-8-19-14(10(2)18-17(19)22-9)7-11-6-13-12(16(11)21)4-3-5-15(13)20/h3-5,7-8,20H,6H2,1-2H3/b11-7+. The molecular weight excluding hydrogens is 296 g/mol. The van der Waals surface area contributed by atoms with Gasteiger partial charge in [-0.25, -0.2) is 4.98 Å². The van der Waals surface area contributed by atoms with Crippen LogP contribution in [-0.2, 0) is 6.42 Å². The fourth-order valence-electron chi connectivity index (χ4n) is 2.95. The molecular formula is C17H14N2O2S. The molecule has 0 fully saturated rings. The van der Waals surface area contributed by atoms with Gasteiger partial charge in [-0.3, -0.25) is 9.20 Å². The molecule has 1 aliphatic carbocycles. The number of aromatic hydroxyl groups is 1. The largest absolute Gasteiger partial charge is 0.508 e. The van der Waals surface area contributed by atoms with Crippen molar-refractivity contribution in [3.63, 3.8) is 0 Å². The Morgan fingerprint density at radius 3 is 2.95 bits per heavy atom. The molecule has 0 unspecified atom stereocenters.